The average molecular weight is 470 g/mol. The third kappa shape index (κ3) is 3.99. The fourth-order valence-electron chi connectivity index (χ4n) is 5.47. The molecule has 34 heavy (non-hydrogen) atoms. The van der Waals surface area contributed by atoms with E-state index in [1.165, 1.54) is 4.90 Å². The number of halogens is 2. The van der Waals surface area contributed by atoms with Crippen LogP contribution in [0, 0.1) is 17.8 Å². The maximum atomic E-state index is 13.2. The lowest BCUT2D eigenvalue weighted by molar-refractivity contribution is -0.141. The molecule has 0 radical (unpaired) electrons. The summed E-state index contributed by atoms with van der Waals surface area (Å²) in [6.45, 7) is 0.406. The molecule has 1 heterocycles. The van der Waals surface area contributed by atoms with Gasteiger partial charge in [-0.25, -0.2) is 13.6 Å². The summed E-state index contributed by atoms with van der Waals surface area (Å²) in [7, 11) is 0. The number of piperidine rings is 1. The molecule has 3 unspecified atom stereocenters. The second-order valence-electron chi connectivity index (χ2n) is 9.08. The van der Waals surface area contributed by atoms with Gasteiger partial charge < -0.3 is 20.1 Å². The quantitative estimate of drug-likeness (QED) is 0.647. The van der Waals surface area contributed by atoms with Crippen molar-refractivity contribution in [3.05, 3.63) is 59.7 Å². The van der Waals surface area contributed by atoms with E-state index in [4.69, 9.17) is 9.84 Å². The summed E-state index contributed by atoms with van der Waals surface area (Å²) >= 11 is 0. The van der Waals surface area contributed by atoms with Crippen molar-refractivity contribution in [3.63, 3.8) is 0 Å². The highest BCUT2D eigenvalue weighted by molar-refractivity contribution is 5.87. The van der Waals surface area contributed by atoms with Gasteiger partial charge in [-0.1, -0.05) is 48.5 Å². The normalized spacial score (nSPS) is 23.1. The molecule has 1 aliphatic heterocycles. The zero-order valence-corrected chi connectivity index (χ0v) is 18.2. The number of carbonyl (C=O) groups excluding carboxylic acids is 2. The van der Waals surface area contributed by atoms with Gasteiger partial charge in [-0.3, -0.25) is 9.59 Å². The van der Waals surface area contributed by atoms with Crippen molar-refractivity contribution in [3.8, 4) is 11.1 Å². The molecule has 178 valence electrons. The van der Waals surface area contributed by atoms with E-state index in [1.807, 2.05) is 48.5 Å². The maximum Gasteiger partial charge on any atom is 0.407 e. The summed E-state index contributed by atoms with van der Waals surface area (Å²) in [5, 5.41) is 11.4. The molecule has 2 aromatic rings. The third-order valence-corrected chi connectivity index (χ3v) is 7.14. The fraction of sp³-hybridized carbons (Fsp3) is 0.400. The van der Waals surface area contributed by atoms with E-state index in [2.05, 4.69) is 5.32 Å². The fourth-order valence-corrected chi connectivity index (χ4v) is 5.47. The van der Waals surface area contributed by atoms with Crippen LogP contribution in [0.15, 0.2) is 48.5 Å². The van der Waals surface area contributed by atoms with Crippen molar-refractivity contribution < 1.29 is 33.0 Å². The van der Waals surface area contributed by atoms with Crippen molar-refractivity contribution >= 4 is 18.0 Å². The number of amides is 2. The van der Waals surface area contributed by atoms with Gasteiger partial charge in [-0.2, -0.15) is 0 Å². The molecule has 7 nitrogen and oxygen atoms in total. The second kappa shape index (κ2) is 8.70. The van der Waals surface area contributed by atoms with Gasteiger partial charge in [-0.05, 0) is 34.1 Å². The molecule has 9 heteroatoms. The van der Waals surface area contributed by atoms with Gasteiger partial charge in [0, 0.05) is 25.4 Å². The Bertz CT molecular complexity index is 1080. The van der Waals surface area contributed by atoms with Crippen LogP contribution in [0.25, 0.3) is 11.1 Å². The summed E-state index contributed by atoms with van der Waals surface area (Å²) < 4.78 is 31.7. The first-order valence-corrected chi connectivity index (χ1v) is 11.3. The van der Waals surface area contributed by atoms with E-state index in [-0.39, 0.29) is 37.5 Å². The van der Waals surface area contributed by atoms with Crippen LogP contribution in [0.4, 0.5) is 13.6 Å². The number of carboxylic acid groups (broad SMARTS) is 1. The molecule has 2 fully saturated rings. The highest BCUT2D eigenvalue weighted by Crippen LogP contribution is 2.52. The molecule has 0 spiro atoms. The predicted octanol–water partition coefficient (Wildman–Crippen LogP) is 3.34. The number of alkyl halides is 2. The van der Waals surface area contributed by atoms with Crippen LogP contribution < -0.4 is 5.32 Å². The largest absolute Gasteiger partial charge is 0.481 e. The number of ether oxygens (including phenoxy) is 1. The highest BCUT2D eigenvalue weighted by Gasteiger charge is 2.60. The second-order valence-corrected chi connectivity index (χ2v) is 9.08. The van der Waals surface area contributed by atoms with Gasteiger partial charge in [0.2, 0.25) is 12.3 Å². The third-order valence-electron chi connectivity index (χ3n) is 7.14. The summed E-state index contributed by atoms with van der Waals surface area (Å²) in [6, 6.07) is 14.2. The average Bonchev–Trinajstić information content (AvgIpc) is 3.17. The van der Waals surface area contributed by atoms with Gasteiger partial charge in [-0.15, -0.1) is 0 Å². The van der Waals surface area contributed by atoms with E-state index in [1.54, 1.807) is 0 Å². The van der Waals surface area contributed by atoms with Crippen molar-refractivity contribution in [2.45, 2.75) is 24.8 Å². The Hall–Kier alpha value is -3.49. The number of rotatable bonds is 7. The molecule has 2 amide bonds. The molecule has 5 rings (SSSR count). The summed E-state index contributed by atoms with van der Waals surface area (Å²) in [6.07, 6.45) is -4.57. The van der Waals surface area contributed by atoms with Gasteiger partial charge in [0.05, 0.1) is 5.92 Å². The minimum atomic E-state index is -2.80. The van der Waals surface area contributed by atoms with E-state index in [0.29, 0.717) is 0 Å². The van der Waals surface area contributed by atoms with Crippen LogP contribution in [0.1, 0.15) is 23.5 Å². The molecular weight excluding hydrogens is 446 g/mol. The number of nitrogens with zero attached hydrogens (tertiary/aromatic N) is 1. The first kappa shape index (κ1) is 22.3. The Kier molecular flexibility index (Phi) is 5.71. The predicted molar refractivity (Wildman–Crippen MR) is 117 cm³/mol. The van der Waals surface area contributed by atoms with Crippen LogP contribution in [0.5, 0.6) is 0 Å². The molecule has 1 saturated carbocycles. The minimum Gasteiger partial charge on any atom is -0.481 e. The number of benzene rings is 2. The van der Waals surface area contributed by atoms with E-state index in [9.17, 15) is 23.2 Å². The topological polar surface area (TPSA) is 95.9 Å². The number of alkyl carbamates (subject to hydrolysis) is 1. The lowest BCUT2D eigenvalue weighted by atomic mass is 9.98. The summed E-state index contributed by atoms with van der Waals surface area (Å²) in [5.41, 5.74) is 4.15. The van der Waals surface area contributed by atoms with Crippen molar-refractivity contribution in [1.82, 2.24) is 10.2 Å². The molecule has 0 bridgehead atoms. The van der Waals surface area contributed by atoms with Crippen LogP contribution in [-0.2, 0) is 14.3 Å². The number of fused-ring (bicyclic) bond motifs is 4. The van der Waals surface area contributed by atoms with Crippen molar-refractivity contribution in [2.24, 2.45) is 17.8 Å². The zero-order chi connectivity index (χ0) is 24.0. The Morgan fingerprint density at radius 2 is 1.56 bits per heavy atom. The number of hydrogen-bond donors (Lipinski definition) is 2. The smallest absolute Gasteiger partial charge is 0.407 e. The van der Waals surface area contributed by atoms with Gasteiger partial charge in [0.15, 0.2) is 0 Å². The van der Waals surface area contributed by atoms with Gasteiger partial charge in [0.1, 0.15) is 12.6 Å². The molecule has 3 atom stereocenters. The summed E-state index contributed by atoms with van der Waals surface area (Å²) in [5.74, 6) is -2.51. The standard InChI is InChI=1S/C25H24F2N2O5/c26-21(27)9-20(23(30)29-10-17-18(11-29)22(17)24(31)32)28-25(33)34-12-19-15-7-3-1-5-13(15)14-6-2-4-8-16(14)19/h1-8,17-22H,9-12H2,(H,28,33)(H,31,32). The molecule has 1 saturated heterocycles. The van der Waals surface area contributed by atoms with Crippen LogP contribution >= 0.6 is 0 Å². The van der Waals surface area contributed by atoms with E-state index in [0.717, 1.165) is 22.3 Å². The SMILES string of the molecule is O=C(NC(CC(F)F)C(=O)N1CC2C(C1)C2C(=O)O)OCC1c2ccccc2-c2ccccc21. The zero-order valence-electron chi connectivity index (χ0n) is 18.2. The molecule has 2 aromatic carbocycles. The summed E-state index contributed by atoms with van der Waals surface area (Å²) in [4.78, 5) is 37.8. The molecular formula is C25H24F2N2O5. The highest BCUT2D eigenvalue weighted by atomic mass is 19.3. The lowest BCUT2D eigenvalue weighted by Crippen LogP contribution is -2.49. The van der Waals surface area contributed by atoms with Crippen LogP contribution in [0.3, 0.4) is 0 Å². The Balaban J connectivity index is 1.22. The monoisotopic (exact) mass is 470 g/mol. The van der Waals surface area contributed by atoms with Crippen molar-refractivity contribution in [2.75, 3.05) is 19.7 Å². The lowest BCUT2D eigenvalue weighted by Gasteiger charge is -2.26. The first-order chi connectivity index (χ1) is 16.3. The van der Waals surface area contributed by atoms with Gasteiger partial charge >= 0.3 is 12.1 Å². The Morgan fingerprint density at radius 3 is 2.09 bits per heavy atom. The maximum absolute atomic E-state index is 13.2. The molecule has 2 N–H and O–H groups in total. The Morgan fingerprint density at radius 1 is 1.00 bits per heavy atom. The number of carboxylic acids is 1. The number of likely N-dealkylation sites (tertiary alicyclic amines) is 1. The van der Waals surface area contributed by atoms with Crippen molar-refractivity contribution in [1.29, 1.82) is 0 Å². The molecule has 0 aromatic heterocycles. The molecule has 2 aliphatic carbocycles. The van der Waals surface area contributed by atoms with E-state index >= 15 is 0 Å². The molecule has 3 aliphatic rings. The van der Waals surface area contributed by atoms with Crippen LogP contribution in [0.2, 0.25) is 0 Å². The van der Waals surface area contributed by atoms with Gasteiger partial charge in [0.25, 0.3) is 0 Å². The van der Waals surface area contributed by atoms with E-state index < -0.39 is 42.8 Å². The number of carbonyl (C=O) groups is 3. The number of nitrogens with one attached hydrogen (secondary N) is 1. The number of hydrogen-bond acceptors (Lipinski definition) is 4. The minimum absolute atomic E-state index is 0.00357. The Labute approximate surface area is 194 Å². The van der Waals surface area contributed by atoms with Crippen LogP contribution in [-0.4, -0.2) is 60.1 Å². The number of aliphatic carboxylic acids is 1. The first-order valence-electron chi connectivity index (χ1n) is 11.3.